The molecular formula is C37H45ClN2O. The Bertz CT molecular complexity index is 1430. The number of para-hydroxylation sites is 1. The highest BCUT2D eigenvalue weighted by Gasteiger charge is 2.24. The number of hydrogen-bond donors (Lipinski definition) is 0. The first kappa shape index (κ1) is 29.5. The molecule has 2 fully saturated rings. The summed E-state index contributed by atoms with van der Waals surface area (Å²) in [6.07, 6.45) is 14.0. The summed E-state index contributed by atoms with van der Waals surface area (Å²) in [6.45, 7) is 5.52. The smallest absolute Gasteiger partial charge is 0.138 e. The molecule has 41 heavy (non-hydrogen) atoms. The molecule has 0 spiro atoms. The van der Waals surface area contributed by atoms with Crippen molar-refractivity contribution in [2.75, 3.05) is 18.0 Å². The van der Waals surface area contributed by atoms with Crippen molar-refractivity contribution in [3.8, 4) is 0 Å². The minimum atomic E-state index is 0. The first-order valence-electron chi connectivity index (χ1n) is 15.6. The van der Waals surface area contributed by atoms with Gasteiger partial charge in [0.2, 0.25) is 0 Å². The van der Waals surface area contributed by atoms with Gasteiger partial charge in [0.05, 0.1) is 0 Å². The molecule has 4 aromatic rings. The average Bonchev–Trinajstić information content (AvgIpc) is 3.35. The maximum absolute atomic E-state index is 13.7. The van der Waals surface area contributed by atoms with E-state index in [1.165, 1.54) is 84.6 Å². The van der Waals surface area contributed by atoms with Gasteiger partial charge < -0.3 is 9.47 Å². The highest BCUT2D eigenvalue weighted by atomic mass is 35.5. The Balaban J connectivity index is 0.00000337. The molecule has 1 atom stereocenters. The number of benzene rings is 3. The summed E-state index contributed by atoms with van der Waals surface area (Å²) in [7, 11) is 0. The molecule has 0 amide bonds. The van der Waals surface area contributed by atoms with Crippen LogP contribution in [-0.2, 0) is 17.8 Å². The van der Waals surface area contributed by atoms with Gasteiger partial charge in [-0.3, -0.25) is 4.79 Å². The van der Waals surface area contributed by atoms with Crippen LogP contribution in [0.3, 0.4) is 0 Å². The number of carbonyl (C=O) groups excluding carboxylic acids is 1. The molecule has 3 aromatic carbocycles. The number of anilines is 1. The van der Waals surface area contributed by atoms with Crippen LogP contribution in [-0.4, -0.2) is 23.4 Å². The van der Waals surface area contributed by atoms with Crippen molar-refractivity contribution in [3.63, 3.8) is 0 Å². The largest absolute Gasteiger partial charge is 0.372 e. The molecule has 4 heteroatoms. The number of ketones is 1. The van der Waals surface area contributed by atoms with Gasteiger partial charge in [0.15, 0.2) is 0 Å². The number of fused-ring (bicyclic) bond motifs is 1. The molecular weight excluding hydrogens is 524 g/mol. The summed E-state index contributed by atoms with van der Waals surface area (Å²) in [5.41, 5.74) is 7.50. The fourth-order valence-corrected chi connectivity index (χ4v) is 7.15. The van der Waals surface area contributed by atoms with E-state index in [0.717, 1.165) is 31.1 Å². The lowest BCUT2D eigenvalue weighted by atomic mass is 9.85. The van der Waals surface area contributed by atoms with E-state index in [4.69, 9.17) is 0 Å². The van der Waals surface area contributed by atoms with E-state index in [0.29, 0.717) is 18.6 Å². The van der Waals surface area contributed by atoms with Crippen LogP contribution in [0.1, 0.15) is 86.0 Å². The topological polar surface area (TPSA) is 25.2 Å². The SMILES string of the molecule is Cc1cccc(C(CC(=O)Cc2ccc(N3CCCCC3)cc2)c2cn(CC3CCCCC3)c3ccccc23)c1.Cl. The number of Topliss-reactive ketones (excluding diaryl/α,β-unsaturated/α-hetero) is 1. The van der Waals surface area contributed by atoms with Crippen molar-refractivity contribution in [2.24, 2.45) is 5.92 Å². The number of piperidine rings is 1. The Labute approximate surface area is 252 Å². The van der Waals surface area contributed by atoms with Gasteiger partial charge in [-0.2, -0.15) is 0 Å². The normalized spacial score (nSPS) is 16.9. The van der Waals surface area contributed by atoms with Crippen molar-refractivity contribution >= 4 is 34.8 Å². The molecule has 216 valence electrons. The zero-order valence-electron chi connectivity index (χ0n) is 24.6. The van der Waals surface area contributed by atoms with Gasteiger partial charge in [-0.1, -0.05) is 79.4 Å². The van der Waals surface area contributed by atoms with Gasteiger partial charge in [-0.05, 0) is 79.8 Å². The summed E-state index contributed by atoms with van der Waals surface area (Å²) in [6, 6.07) is 26.4. The van der Waals surface area contributed by atoms with Crippen molar-refractivity contribution in [3.05, 3.63) is 101 Å². The minimum absolute atomic E-state index is 0. The number of halogens is 1. The molecule has 0 radical (unpaired) electrons. The number of aromatic nitrogens is 1. The Morgan fingerprint density at radius 1 is 0.854 bits per heavy atom. The first-order valence-corrected chi connectivity index (χ1v) is 15.6. The molecule has 1 saturated carbocycles. The van der Waals surface area contributed by atoms with Crippen LogP contribution < -0.4 is 4.90 Å². The van der Waals surface area contributed by atoms with Crippen LogP contribution in [0, 0.1) is 12.8 Å². The minimum Gasteiger partial charge on any atom is -0.372 e. The molecule has 1 aliphatic heterocycles. The van der Waals surface area contributed by atoms with E-state index in [-0.39, 0.29) is 18.3 Å². The van der Waals surface area contributed by atoms with Crippen LogP contribution in [0.5, 0.6) is 0 Å². The lowest BCUT2D eigenvalue weighted by molar-refractivity contribution is -0.118. The van der Waals surface area contributed by atoms with Gasteiger partial charge in [-0.25, -0.2) is 0 Å². The summed E-state index contributed by atoms with van der Waals surface area (Å²) in [5.74, 6) is 1.11. The van der Waals surface area contributed by atoms with E-state index < -0.39 is 0 Å². The Morgan fingerprint density at radius 2 is 1.59 bits per heavy atom. The average molecular weight is 569 g/mol. The van der Waals surface area contributed by atoms with Crippen LogP contribution in [0.4, 0.5) is 5.69 Å². The second-order valence-corrected chi connectivity index (χ2v) is 12.4. The lowest BCUT2D eigenvalue weighted by Crippen LogP contribution is -2.29. The number of nitrogens with zero attached hydrogens (tertiary/aromatic N) is 2. The zero-order valence-corrected chi connectivity index (χ0v) is 25.4. The van der Waals surface area contributed by atoms with Crippen LogP contribution in [0.2, 0.25) is 0 Å². The number of rotatable bonds is 9. The predicted molar refractivity (Wildman–Crippen MR) is 175 cm³/mol. The Morgan fingerprint density at radius 3 is 2.34 bits per heavy atom. The van der Waals surface area contributed by atoms with Crippen LogP contribution in [0.25, 0.3) is 10.9 Å². The van der Waals surface area contributed by atoms with E-state index in [9.17, 15) is 4.79 Å². The molecule has 1 aliphatic carbocycles. The van der Waals surface area contributed by atoms with Gasteiger partial charge in [-0.15, -0.1) is 12.4 Å². The number of hydrogen-bond acceptors (Lipinski definition) is 2. The summed E-state index contributed by atoms with van der Waals surface area (Å²) in [5, 5.41) is 1.29. The summed E-state index contributed by atoms with van der Waals surface area (Å²) < 4.78 is 2.49. The number of carbonyl (C=O) groups is 1. The van der Waals surface area contributed by atoms with Crippen LogP contribution >= 0.6 is 12.4 Å². The van der Waals surface area contributed by atoms with E-state index in [1.54, 1.807) is 0 Å². The van der Waals surface area contributed by atoms with Gasteiger partial charge in [0.1, 0.15) is 5.78 Å². The molecule has 2 heterocycles. The third-order valence-electron chi connectivity index (χ3n) is 9.31. The monoisotopic (exact) mass is 568 g/mol. The summed E-state index contributed by atoms with van der Waals surface area (Å²) in [4.78, 5) is 16.2. The molecule has 1 saturated heterocycles. The molecule has 2 aliphatic rings. The second-order valence-electron chi connectivity index (χ2n) is 12.4. The van der Waals surface area contributed by atoms with Gasteiger partial charge in [0.25, 0.3) is 0 Å². The standard InChI is InChI=1S/C37H44N2O.ClH/c1-28-11-10-14-31(23-28)35(25-33(40)24-29-17-19-32(20-18-29)38-21-8-3-9-22-38)36-27-39(26-30-12-4-2-5-13-30)37-16-7-6-15-34(36)37;/h6-7,10-11,14-20,23,27,30,35H,2-5,8-9,12-13,21-22,24-26H2,1H3;1H. The predicted octanol–water partition coefficient (Wildman–Crippen LogP) is 9.28. The Kier molecular flexibility index (Phi) is 9.88. The molecule has 0 bridgehead atoms. The quantitative estimate of drug-likeness (QED) is 0.201. The molecule has 3 nitrogen and oxygen atoms in total. The van der Waals surface area contributed by atoms with Crippen molar-refractivity contribution in [2.45, 2.75) is 83.6 Å². The maximum Gasteiger partial charge on any atom is 0.138 e. The zero-order chi connectivity index (χ0) is 27.3. The lowest BCUT2D eigenvalue weighted by Gasteiger charge is -2.28. The van der Waals surface area contributed by atoms with Gasteiger partial charge >= 0.3 is 0 Å². The molecule has 1 unspecified atom stereocenters. The van der Waals surface area contributed by atoms with E-state index in [1.807, 2.05) is 0 Å². The van der Waals surface area contributed by atoms with Crippen molar-refractivity contribution in [1.82, 2.24) is 4.57 Å². The second kappa shape index (κ2) is 13.7. The first-order chi connectivity index (χ1) is 19.6. The number of aryl methyl sites for hydroxylation is 1. The Hall–Kier alpha value is -3.04. The molecule has 6 rings (SSSR count). The third-order valence-corrected chi connectivity index (χ3v) is 9.31. The maximum atomic E-state index is 13.7. The summed E-state index contributed by atoms with van der Waals surface area (Å²) >= 11 is 0. The highest BCUT2D eigenvalue weighted by molar-refractivity contribution is 5.88. The van der Waals surface area contributed by atoms with E-state index >= 15 is 0 Å². The molecule has 0 N–H and O–H groups in total. The van der Waals surface area contributed by atoms with Crippen LogP contribution in [0.15, 0.2) is 79.0 Å². The highest BCUT2D eigenvalue weighted by Crippen LogP contribution is 2.37. The molecule has 1 aromatic heterocycles. The van der Waals surface area contributed by atoms with Gasteiger partial charge in [0, 0.05) is 61.2 Å². The van der Waals surface area contributed by atoms with Crippen molar-refractivity contribution in [1.29, 1.82) is 0 Å². The van der Waals surface area contributed by atoms with Crippen molar-refractivity contribution < 1.29 is 4.79 Å². The fourth-order valence-electron chi connectivity index (χ4n) is 7.15. The third kappa shape index (κ3) is 7.07. The fraction of sp³-hybridized carbons (Fsp3) is 0.432. The van der Waals surface area contributed by atoms with E-state index in [2.05, 4.69) is 95.4 Å².